The molecule has 7 heteroatoms. The number of aryl methyl sites for hydroxylation is 1. The van der Waals surface area contributed by atoms with Crippen molar-refractivity contribution in [3.8, 4) is 0 Å². The molecule has 0 aliphatic carbocycles. The lowest BCUT2D eigenvalue weighted by Crippen LogP contribution is -2.35. The highest BCUT2D eigenvalue weighted by Gasteiger charge is 2.08. The lowest BCUT2D eigenvalue weighted by atomic mass is 10.2. The molecule has 0 atom stereocenters. The number of carbonyl (C=O) groups is 1. The van der Waals surface area contributed by atoms with Gasteiger partial charge in [-0.3, -0.25) is 19.5 Å². The Balaban J connectivity index is 1.54. The molecule has 0 spiro atoms. The van der Waals surface area contributed by atoms with E-state index in [0.717, 1.165) is 5.69 Å². The molecular formula is C20H22N4O3. The van der Waals surface area contributed by atoms with Crippen LogP contribution >= 0.6 is 0 Å². The molecule has 0 radical (unpaired) electrons. The number of benzene rings is 2. The van der Waals surface area contributed by atoms with Gasteiger partial charge in [0.1, 0.15) is 0 Å². The predicted molar refractivity (Wildman–Crippen MR) is 106 cm³/mol. The number of aromatic amines is 1. The molecule has 2 N–H and O–H groups in total. The van der Waals surface area contributed by atoms with Crippen LogP contribution < -0.4 is 21.3 Å². The number of carbonyl (C=O) groups excluding carboxylic acids is 1. The van der Waals surface area contributed by atoms with Crippen molar-refractivity contribution in [3.63, 3.8) is 0 Å². The Kier molecular flexibility index (Phi) is 5.71. The molecule has 0 unspecified atom stereocenters. The van der Waals surface area contributed by atoms with Crippen molar-refractivity contribution in [1.82, 2.24) is 15.1 Å². The number of fused-ring (bicyclic) bond motifs is 1. The van der Waals surface area contributed by atoms with Gasteiger partial charge in [-0.25, -0.2) is 4.68 Å². The van der Waals surface area contributed by atoms with Gasteiger partial charge < -0.3 is 10.2 Å². The van der Waals surface area contributed by atoms with Gasteiger partial charge in [0.15, 0.2) is 0 Å². The smallest absolute Gasteiger partial charge is 0.273 e. The van der Waals surface area contributed by atoms with Crippen molar-refractivity contribution in [1.29, 1.82) is 0 Å². The minimum atomic E-state index is -0.338. The lowest BCUT2D eigenvalue weighted by Gasteiger charge is -2.19. The summed E-state index contributed by atoms with van der Waals surface area (Å²) in [6.45, 7) is 1.29. The molecular weight excluding hydrogens is 344 g/mol. The molecule has 0 aliphatic rings. The minimum absolute atomic E-state index is 0.114. The number of amides is 1. The van der Waals surface area contributed by atoms with Crippen molar-refractivity contribution in [3.05, 3.63) is 75.3 Å². The fourth-order valence-electron chi connectivity index (χ4n) is 2.88. The van der Waals surface area contributed by atoms with Crippen LogP contribution in [0.25, 0.3) is 10.8 Å². The van der Waals surface area contributed by atoms with Crippen LogP contribution in [0.15, 0.2) is 64.2 Å². The van der Waals surface area contributed by atoms with E-state index in [-0.39, 0.29) is 30.0 Å². The van der Waals surface area contributed by atoms with E-state index in [2.05, 4.69) is 10.4 Å². The molecule has 0 aliphatic heterocycles. The standard InChI is InChI=1S/C20H22N4O3/c1-23(15-7-3-2-4-8-15)14-12-21-18(25)11-13-24-20(27)17-10-6-5-9-16(17)19(26)22-24/h2-10H,11-14H2,1H3,(H,21,25)(H,22,26). The van der Waals surface area contributed by atoms with Gasteiger partial charge in [0.05, 0.1) is 17.3 Å². The number of aromatic nitrogens is 2. The highest BCUT2D eigenvalue weighted by molar-refractivity contribution is 5.80. The van der Waals surface area contributed by atoms with Gasteiger partial charge in [0, 0.05) is 32.2 Å². The first kappa shape index (κ1) is 18.4. The summed E-state index contributed by atoms with van der Waals surface area (Å²) in [6, 6.07) is 16.5. The second kappa shape index (κ2) is 8.35. The maximum atomic E-state index is 12.4. The number of para-hydroxylation sites is 1. The third-order valence-corrected chi connectivity index (χ3v) is 4.41. The zero-order chi connectivity index (χ0) is 19.2. The molecule has 1 heterocycles. The number of nitrogens with one attached hydrogen (secondary N) is 2. The van der Waals surface area contributed by atoms with Crippen LogP contribution in [0.2, 0.25) is 0 Å². The number of rotatable bonds is 7. The number of hydrogen-bond acceptors (Lipinski definition) is 4. The summed E-state index contributed by atoms with van der Waals surface area (Å²) >= 11 is 0. The molecule has 0 saturated heterocycles. The lowest BCUT2D eigenvalue weighted by molar-refractivity contribution is -0.121. The Labute approximate surface area is 156 Å². The first-order chi connectivity index (χ1) is 13.1. The highest BCUT2D eigenvalue weighted by Crippen LogP contribution is 2.09. The molecule has 3 rings (SSSR count). The summed E-state index contributed by atoms with van der Waals surface area (Å²) in [4.78, 5) is 38.6. The van der Waals surface area contributed by atoms with Crippen molar-refractivity contribution < 1.29 is 4.79 Å². The third kappa shape index (κ3) is 4.44. The Morgan fingerprint density at radius 1 is 1.04 bits per heavy atom. The minimum Gasteiger partial charge on any atom is -0.373 e. The van der Waals surface area contributed by atoms with Crippen LogP contribution in [-0.4, -0.2) is 35.8 Å². The van der Waals surface area contributed by atoms with Crippen LogP contribution in [0.1, 0.15) is 6.42 Å². The van der Waals surface area contributed by atoms with Crippen molar-refractivity contribution in [2.45, 2.75) is 13.0 Å². The van der Waals surface area contributed by atoms with Gasteiger partial charge >= 0.3 is 0 Å². The van der Waals surface area contributed by atoms with Crippen molar-refractivity contribution in [2.75, 3.05) is 25.0 Å². The molecule has 140 valence electrons. The van der Waals surface area contributed by atoms with Crippen molar-refractivity contribution >= 4 is 22.4 Å². The molecule has 1 aromatic heterocycles. The molecule has 1 amide bonds. The Bertz CT molecular complexity index is 1040. The Morgan fingerprint density at radius 2 is 1.70 bits per heavy atom. The topological polar surface area (TPSA) is 87.2 Å². The summed E-state index contributed by atoms with van der Waals surface area (Å²) in [5, 5.41) is 6.07. The molecule has 0 saturated carbocycles. The van der Waals surface area contributed by atoms with Crippen LogP contribution in [0.3, 0.4) is 0 Å². The summed E-state index contributed by atoms with van der Waals surface area (Å²) in [5.74, 6) is -0.169. The molecule has 7 nitrogen and oxygen atoms in total. The zero-order valence-electron chi connectivity index (χ0n) is 15.1. The maximum Gasteiger partial charge on any atom is 0.273 e. The zero-order valence-corrected chi connectivity index (χ0v) is 15.1. The van der Waals surface area contributed by atoms with E-state index >= 15 is 0 Å². The molecule has 0 fully saturated rings. The number of nitrogens with zero attached hydrogens (tertiary/aromatic N) is 2. The normalized spacial score (nSPS) is 10.7. The summed E-state index contributed by atoms with van der Waals surface area (Å²) < 4.78 is 1.19. The van der Waals surface area contributed by atoms with Gasteiger partial charge in [-0.2, -0.15) is 0 Å². The van der Waals surface area contributed by atoms with E-state index in [4.69, 9.17) is 0 Å². The van der Waals surface area contributed by atoms with Crippen LogP contribution in [-0.2, 0) is 11.3 Å². The third-order valence-electron chi connectivity index (χ3n) is 4.41. The first-order valence-corrected chi connectivity index (χ1v) is 8.81. The average molecular weight is 366 g/mol. The number of hydrogen-bond donors (Lipinski definition) is 2. The molecule has 0 bridgehead atoms. The van der Waals surface area contributed by atoms with E-state index in [0.29, 0.717) is 23.9 Å². The van der Waals surface area contributed by atoms with Crippen LogP contribution in [0.4, 0.5) is 5.69 Å². The van der Waals surface area contributed by atoms with E-state index in [1.165, 1.54) is 4.68 Å². The summed E-state index contributed by atoms with van der Waals surface area (Å²) in [7, 11) is 1.96. The second-order valence-electron chi connectivity index (χ2n) is 6.30. The predicted octanol–water partition coefficient (Wildman–Crippen LogP) is 1.33. The van der Waals surface area contributed by atoms with E-state index in [1.807, 2.05) is 42.3 Å². The van der Waals surface area contributed by atoms with Gasteiger partial charge in [0.2, 0.25) is 5.91 Å². The fourth-order valence-corrected chi connectivity index (χ4v) is 2.88. The number of H-pyrrole nitrogens is 1. The van der Waals surface area contributed by atoms with Gasteiger partial charge in [-0.15, -0.1) is 0 Å². The number of likely N-dealkylation sites (N-methyl/N-ethyl adjacent to an activating group) is 1. The maximum absolute atomic E-state index is 12.4. The van der Waals surface area contributed by atoms with Gasteiger partial charge in [-0.1, -0.05) is 30.3 Å². The highest BCUT2D eigenvalue weighted by atomic mass is 16.2. The fraction of sp³-hybridized carbons (Fsp3) is 0.250. The largest absolute Gasteiger partial charge is 0.373 e. The summed E-state index contributed by atoms with van der Waals surface area (Å²) in [6.07, 6.45) is 0.114. The average Bonchev–Trinajstić information content (AvgIpc) is 2.70. The molecule has 2 aromatic carbocycles. The van der Waals surface area contributed by atoms with E-state index < -0.39 is 0 Å². The van der Waals surface area contributed by atoms with Gasteiger partial charge in [-0.05, 0) is 24.3 Å². The van der Waals surface area contributed by atoms with Crippen LogP contribution in [0.5, 0.6) is 0 Å². The Hall–Kier alpha value is -3.35. The van der Waals surface area contributed by atoms with Crippen molar-refractivity contribution in [2.24, 2.45) is 0 Å². The first-order valence-electron chi connectivity index (χ1n) is 8.81. The van der Waals surface area contributed by atoms with Crippen LogP contribution in [0, 0.1) is 0 Å². The molecule has 27 heavy (non-hydrogen) atoms. The monoisotopic (exact) mass is 366 g/mol. The van der Waals surface area contributed by atoms with Gasteiger partial charge in [0.25, 0.3) is 11.1 Å². The second-order valence-corrected chi connectivity index (χ2v) is 6.30. The van der Waals surface area contributed by atoms with E-state index in [1.54, 1.807) is 24.3 Å². The number of anilines is 1. The quantitative estimate of drug-likeness (QED) is 0.660. The molecule has 3 aromatic rings. The van der Waals surface area contributed by atoms with E-state index in [9.17, 15) is 14.4 Å². The Morgan fingerprint density at radius 3 is 2.44 bits per heavy atom. The summed E-state index contributed by atoms with van der Waals surface area (Å²) in [5.41, 5.74) is 0.434. The SMILES string of the molecule is CN(CCNC(=O)CCn1[nH]c(=O)c2ccccc2c1=O)c1ccccc1.